The molecule has 0 spiro atoms. The van der Waals surface area contributed by atoms with Crippen LogP contribution in [0.3, 0.4) is 0 Å². The highest BCUT2D eigenvalue weighted by Gasteiger charge is 2.43. The normalized spacial score (nSPS) is 15.5. The van der Waals surface area contributed by atoms with E-state index in [1.54, 1.807) is 12.1 Å². The van der Waals surface area contributed by atoms with Crippen LogP contribution in [0.2, 0.25) is 0 Å². The highest BCUT2D eigenvalue weighted by molar-refractivity contribution is 5.91. The van der Waals surface area contributed by atoms with E-state index in [0.717, 1.165) is 24.2 Å². The fourth-order valence-electron chi connectivity index (χ4n) is 4.54. The zero-order valence-corrected chi connectivity index (χ0v) is 20.0. The van der Waals surface area contributed by atoms with Gasteiger partial charge in [-0.2, -0.15) is 13.2 Å². The number of aromatic nitrogens is 1. The Morgan fingerprint density at radius 2 is 1.75 bits per heavy atom. The van der Waals surface area contributed by atoms with Crippen molar-refractivity contribution in [1.82, 2.24) is 10.3 Å². The molecule has 1 fully saturated rings. The number of rotatable bonds is 9. The van der Waals surface area contributed by atoms with Crippen LogP contribution in [0.15, 0.2) is 79.0 Å². The molecule has 2 aromatic carbocycles. The quantitative estimate of drug-likeness (QED) is 0.387. The lowest BCUT2D eigenvalue weighted by Gasteiger charge is -2.36. The number of hydrogen-bond acceptors (Lipinski definition) is 4. The third kappa shape index (κ3) is 7.31. The van der Waals surface area contributed by atoms with E-state index in [1.807, 2.05) is 42.5 Å². The van der Waals surface area contributed by atoms with E-state index in [0.29, 0.717) is 32.4 Å². The third-order valence-electron chi connectivity index (χ3n) is 6.42. The smallest absolute Gasteiger partial charge is 0.371 e. The number of alkyl halides is 3. The Balaban J connectivity index is 1.27. The molecule has 0 bridgehead atoms. The first-order chi connectivity index (χ1) is 17.4. The van der Waals surface area contributed by atoms with E-state index in [1.165, 1.54) is 17.8 Å². The molecule has 1 aliphatic rings. The Labute approximate surface area is 209 Å². The SMILES string of the molecule is O=C(CCCc1ccccc1)Nc1cccc(N2CCC(N[C@@H](c3ccccn3)C(F)(F)F)CC2)c1. The Morgan fingerprint density at radius 3 is 2.44 bits per heavy atom. The first kappa shape index (κ1) is 25.7. The van der Waals surface area contributed by atoms with Gasteiger partial charge in [0.2, 0.25) is 5.91 Å². The molecular weight excluding hydrogens is 465 g/mol. The van der Waals surface area contributed by atoms with Gasteiger partial charge in [-0.25, -0.2) is 0 Å². The minimum Gasteiger partial charge on any atom is -0.371 e. The maximum atomic E-state index is 13.7. The third-order valence-corrected chi connectivity index (χ3v) is 6.42. The van der Waals surface area contributed by atoms with Crippen molar-refractivity contribution in [2.45, 2.75) is 50.4 Å². The molecule has 0 saturated carbocycles. The number of piperidine rings is 1. The Kier molecular flexibility index (Phi) is 8.59. The number of carbonyl (C=O) groups excluding carboxylic acids is 1. The van der Waals surface area contributed by atoms with Crippen molar-refractivity contribution >= 4 is 17.3 Å². The molecule has 2 heterocycles. The highest BCUT2D eigenvalue weighted by atomic mass is 19.4. The Bertz CT molecular complexity index is 1100. The fourth-order valence-corrected chi connectivity index (χ4v) is 4.54. The second-order valence-corrected chi connectivity index (χ2v) is 9.09. The van der Waals surface area contributed by atoms with E-state index >= 15 is 0 Å². The van der Waals surface area contributed by atoms with Gasteiger partial charge in [-0.1, -0.05) is 42.5 Å². The van der Waals surface area contributed by atoms with Gasteiger partial charge in [-0.05, 0) is 61.6 Å². The molecule has 0 radical (unpaired) electrons. The van der Waals surface area contributed by atoms with E-state index in [4.69, 9.17) is 0 Å². The second-order valence-electron chi connectivity index (χ2n) is 9.09. The van der Waals surface area contributed by atoms with Crippen molar-refractivity contribution in [2.75, 3.05) is 23.3 Å². The first-order valence-corrected chi connectivity index (χ1v) is 12.3. The zero-order valence-electron chi connectivity index (χ0n) is 20.0. The standard InChI is InChI=1S/C28H31F3N4O/c29-28(30,31)27(25-13-4-5-17-32-25)34-22-15-18-35(19-16-22)24-12-7-11-23(20-24)33-26(36)14-6-10-21-8-2-1-3-9-21/h1-5,7-9,11-13,17,20,22,27,34H,6,10,14-16,18-19H2,(H,33,36)/t27-/m0/s1. The van der Waals surface area contributed by atoms with Gasteiger partial charge in [0.05, 0.1) is 5.69 Å². The number of aryl methyl sites for hydroxylation is 1. The molecule has 1 amide bonds. The maximum absolute atomic E-state index is 13.7. The van der Waals surface area contributed by atoms with Crippen LogP contribution in [0, 0.1) is 0 Å². The molecular formula is C28H31F3N4O. The minimum absolute atomic E-state index is 0.0142. The first-order valence-electron chi connectivity index (χ1n) is 12.3. The van der Waals surface area contributed by atoms with Crippen molar-refractivity contribution in [1.29, 1.82) is 0 Å². The maximum Gasteiger partial charge on any atom is 0.409 e. The molecule has 3 aromatic rings. The average molecular weight is 497 g/mol. The molecule has 2 N–H and O–H groups in total. The van der Waals surface area contributed by atoms with Crippen LogP contribution >= 0.6 is 0 Å². The van der Waals surface area contributed by atoms with Gasteiger partial charge in [-0.15, -0.1) is 0 Å². The number of anilines is 2. The molecule has 0 aliphatic carbocycles. The van der Waals surface area contributed by atoms with Gasteiger partial charge >= 0.3 is 6.18 Å². The molecule has 8 heteroatoms. The van der Waals surface area contributed by atoms with Gasteiger partial charge in [0.25, 0.3) is 0 Å². The van der Waals surface area contributed by atoms with Crippen LogP contribution in [0.4, 0.5) is 24.5 Å². The van der Waals surface area contributed by atoms with E-state index in [2.05, 4.69) is 32.7 Å². The summed E-state index contributed by atoms with van der Waals surface area (Å²) in [5.74, 6) is -0.0290. The van der Waals surface area contributed by atoms with Crippen LogP contribution in [-0.2, 0) is 11.2 Å². The molecule has 36 heavy (non-hydrogen) atoms. The number of carbonyl (C=O) groups is 1. The number of nitrogens with zero attached hydrogens (tertiary/aromatic N) is 2. The van der Waals surface area contributed by atoms with E-state index in [9.17, 15) is 18.0 Å². The zero-order chi connectivity index (χ0) is 25.4. The highest BCUT2D eigenvalue weighted by Crippen LogP contribution is 2.33. The monoisotopic (exact) mass is 496 g/mol. The molecule has 190 valence electrons. The largest absolute Gasteiger partial charge is 0.409 e. The molecule has 1 aromatic heterocycles. The number of pyridine rings is 1. The molecule has 5 nitrogen and oxygen atoms in total. The molecule has 0 unspecified atom stereocenters. The summed E-state index contributed by atoms with van der Waals surface area (Å²) in [4.78, 5) is 18.5. The van der Waals surface area contributed by atoms with Crippen LogP contribution in [0.25, 0.3) is 0 Å². The van der Waals surface area contributed by atoms with Crippen molar-refractivity contribution in [3.8, 4) is 0 Å². The molecule has 1 atom stereocenters. The topological polar surface area (TPSA) is 57.3 Å². The Morgan fingerprint density at radius 1 is 1.00 bits per heavy atom. The number of benzene rings is 2. The van der Waals surface area contributed by atoms with Gasteiger partial charge in [0, 0.05) is 43.1 Å². The summed E-state index contributed by atoms with van der Waals surface area (Å²) in [5.41, 5.74) is 2.88. The van der Waals surface area contributed by atoms with Crippen molar-refractivity contribution in [3.05, 3.63) is 90.3 Å². The summed E-state index contributed by atoms with van der Waals surface area (Å²) >= 11 is 0. The lowest BCUT2D eigenvalue weighted by molar-refractivity contribution is -0.161. The van der Waals surface area contributed by atoms with Crippen LogP contribution in [0.5, 0.6) is 0 Å². The molecule has 1 saturated heterocycles. The van der Waals surface area contributed by atoms with E-state index in [-0.39, 0.29) is 17.6 Å². The van der Waals surface area contributed by atoms with Gasteiger partial charge in [0.15, 0.2) is 0 Å². The van der Waals surface area contributed by atoms with Crippen molar-refractivity contribution in [2.24, 2.45) is 0 Å². The van der Waals surface area contributed by atoms with Crippen LogP contribution in [0.1, 0.15) is 43.0 Å². The summed E-state index contributed by atoms with van der Waals surface area (Å²) in [7, 11) is 0. The van der Waals surface area contributed by atoms with Gasteiger partial charge in [0.1, 0.15) is 6.04 Å². The lowest BCUT2D eigenvalue weighted by atomic mass is 10.0. The predicted molar refractivity (Wildman–Crippen MR) is 136 cm³/mol. The summed E-state index contributed by atoms with van der Waals surface area (Å²) in [6.07, 6.45) is 0.185. The second kappa shape index (κ2) is 12.0. The van der Waals surface area contributed by atoms with Crippen molar-refractivity contribution in [3.63, 3.8) is 0 Å². The number of nitrogens with one attached hydrogen (secondary N) is 2. The summed E-state index contributed by atoms with van der Waals surface area (Å²) in [6.45, 7) is 1.25. The summed E-state index contributed by atoms with van der Waals surface area (Å²) < 4.78 is 41.0. The Hall–Kier alpha value is -3.39. The van der Waals surface area contributed by atoms with Gasteiger partial charge < -0.3 is 10.2 Å². The summed E-state index contributed by atoms with van der Waals surface area (Å²) in [6, 6.07) is 20.3. The molecule has 1 aliphatic heterocycles. The van der Waals surface area contributed by atoms with Crippen LogP contribution in [-0.4, -0.2) is 36.2 Å². The fraction of sp³-hybridized carbons (Fsp3) is 0.357. The minimum atomic E-state index is -4.42. The number of amides is 1. The average Bonchev–Trinajstić information content (AvgIpc) is 2.88. The van der Waals surface area contributed by atoms with Gasteiger partial charge in [-0.3, -0.25) is 15.1 Å². The summed E-state index contributed by atoms with van der Waals surface area (Å²) in [5, 5.41) is 5.75. The predicted octanol–water partition coefficient (Wildman–Crippen LogP) is 5.91. The van der Waals surface area contributed by atoms with Crippen molar-refractivity contribution < 1.29 is 18.0 Å². The van der Waals surface area contributed by atoms with Crippen LogP contribution < -0.4 is 15.5 Å². The lowest BCUT2D eigenvalue weighted by Crippen LogP contribution is -2.47. The molecule has 4 rings (SSSR count). The van der Waals surface area contributed by atoms with E-state index < -0.39 is 12.2 Å². The number of halogens is 3. The number of hydrogen-bond donors (Lipinski definition) is 2.